The van der Waals surface area contributed by atoms with Crippen molar-refractivity contribution in [1.82, 2.24) is 5.32 Å². The van der Waals surface area contributed by atoms with E-state index < -0.39 is 30.4 Å². The van der Waals surface area contributed by atoms with Gasteiger partial charge in [0.25, 0.3) is 17.7 Å². The summed E-state index contributed by atoms with van der Waals surface area (Å²) in [5.41, 5.74) is 0.771. The van der Waals surface area contributed by atoms with E-state index in [0.29, 0.717) is 22.0 Å². The second-order valence-corrected chi connectivity index (χ2v) is 9.24. The summed E-state index contributed by atoms with van der Waals surface area (Å²) < 4.78 is 11.3. The predicted molar refractivity (Wildman–Crippen MR) is 149 cm³/mol. The Morgan fingerprint density at radius 3 is 2.38 bits per heavy atom. The number of carbonyl (C=O) groups excluding carboxylic acids is 4. The lowest BCUT2D eigenvalue weighted by atomic mass is 10.1. The van der Waals surface area contributed by atoms with E-state index in [2.05, 4.69) is 10.6 Å². The second-order valence-electron chi connectivity index (χ2n) is 8.02. The summed E-state index contributed by atoms with van der Waals surface area (Å²) in [6.45, 7) is 1.56. The van der Waals surface area contributed by atoms with E-state index >= 15 is 0 Å². The Labute approximate surface area is 238 Å². The lowest BCUT2D eigenvalue weighted by Gasteiger charge is -2.26. The van der Waals surface area contributed by atoms with Crippen LogP contribution in [0.25, 0.3) is 6.08 Å². The zero-order chi connectivity index (χ0) is 28.1. The van der Waals surface area contributed by atoms with Crippen LogP contribution < -0.4 is 25.0 Å². The molecule has 0 radical (unpaired) electrons. The SMILES string of the molecule is CCOc1cc(/C=C2/C(=O)NC(=O)N(c3ccccc3)C2=O)cc(Cl)c1OCC(=O)Nc1ccc(Cl)c(Cl)c1. The van der Waals surface area contributed by atoms with E-state index in [-0.39, 0.29) is 33.7 Å². The number of amides is 5. The van der Waals surface area contributed by atoms with Crippen LogP contribution in [0.3, 0.4) is 0 Å². The van der Waals surface area contributed by atoms with Gasteiger partial charge in [0.1, 0.15) is 5.57 Å². The number of ether oxygens (including phenoxy) is 2. The van der Waals surface area contributed by atoms with Crippen molar-refractivity contribution >= 4 is 76.0 Å². The first-order chi connectivity index (χ1) is 18.7. The molecule has 12 heteroatoms. The summed E-state index contributed by atoms with van der Waals surface area (Å²) in [5, 5.41) is 5.49. The maximum absolute atomic E-state index is 13.1. The number of benzene rings is 3. The third-order valence-corrected chi connectivity index (χ3v) is 6.33. The number of hydrogen-bond donors (Lipinski definition) is 2. The monoisotopic (exact) mass is 587 g/mol. The van der Waals surface area contributed by atoms with Crippen molar-refractivity contribution in [2.45, 2.75) is 6.92 Å². The molecule has 3 aromatic carbocycles. The highest BCUT2D eigenvalue weighted by Crippen LogP contribution is 2.38. The number of imide groups is 2. The Hall–Kier alpha value is -4.05. The quantitative estimate of drug-likeness (QED) is 0.257. The van der Waals surface area contributed by atoms with E-state index in [9.17, 15) is 19.2 Å². The number of nitrogens with zero attached hydrogens (tertiary/aromatic N) is 1. The number of barbiturate groups is 1. The number of halogens is 3. The van der Waals surface area contributed by atoms with Gasteiger partial charge in [-0.15, -0.1) is 0 Å². The lowest BCUT2D eigenvalue weighted by Crippen LogP contribution is -2.54. The van der Waals surface area contributed by atoms with Gasteiger partial charge in [-0.05, 0) is 61.0 Å². The Balaban J connectivity index is 1.56. The van der Waals surface area contributed by atoms with Crippen molar-refractivity contribution < 1.29 is 28.7 Å². The van der Waals surface area contributed by atoms with Gasteiger partial charge in [0.05, 0.1) is 27.4 Å². The minimum absolute atomic E-state index is 0.0646. The third-order valence-electron chi connectivity index (χ3n) is 5.31. The first kappa shape index (κ1) is 28.0. The van der Waals surface area contributed by atoms with Crippen molar-refractivity contribution in [3.63, 3.8) is 0 Å². The van der Waals surface area contributed by atoms with Crippen molar-refractivity contribution in [2.24, 2.45) is 0 Å². The molecule has 1 saturated heterocycles. The van der Waals surface area contributed by atoms with Crippen LogP contribution in [0.15, 0.2) is 66.2 Å². The molecule has 1 aliphatic heterocycles. The molecule has 5 amide bonds. The van der Waals surface area contributed by atoms with Gasteiger partial charge in [0.15, 0.2) is 18.1 Å². The number of hydrogen-bond acceptors (Lipinski definition) is 6. The molecular formula is C27H20Cl3N3O6. The van der Waals surface area contributed by atoms with Gasteiger partial charge in [-0.1, -0.05) is 53.0 Å². The third kappa shape index (κ3) is 6.51. The molecule has 1 aliphatic rings. The van der Waals surface area contributed by atoms with Crippen molar-refractivity contribution in [1.29, 1.82) is 0 Å². The highest BCUT2D eigenvalue weighted by atomic mass is 35.5. The first-order valence-electron chi connectivity index (χ1n) is 11.5. The van der Waals surface area contributed by atoms with Crippen LogP contribution in [0.1, 0.15) is 12.5 Å². The topological polar surface area (TPSA) is 114 Å². The highest BCUT2D eigenvalue weighted by molar-refractivity contribution is 6.42. The number of urea groups is 1. The summed E-state index contributed by atoms with van der Waals surface area (Å²) >= 11 is 18.3. The number of nitrogens with one attached hydrogen (secondary N) is 2. The van der Waals surface area contributed by atoms with Crippen LogP contribution >= 0.6 is 34.8 Å². The van der Waals surface area contributed by atoms with Crippen molar-refractivity contribution in [3.05, 3.63) is 86.9 Å². The molecule has 2 N–H and O–H groups in total. The molecule has 39 heavy (non-hydrogen) atoms. The van der Waals surface area contributed by atoms with E-state index in [1.807, 2.05) is 0 Å². The van der Waals surface area contributed by atoms with Crippen molar-refractivity contribution in [2.75, 3.05) is 23.4 Å². The minimum Gasteiger partial charge on any atom is -0.490 e. The lowest BCUT2D eigenvalue weighted by molar-refractivity contribution is -0.122. The molecule has 3 aromatic rings. The molecule has 0 aromatic heterocycles. The molecule has 0 aliphatic carbocycles. The summed E-state index contributed by atoms with van der Waals surface area (Å²) in [6, 6.07) is 14.9. The predicted octanol–water partition coefficient (Wildman–Crippen LogP) is 5.73. The number of rotatable bonds is 8. The first-order valence-corrected chi connectivity index (χ1v) is 12.6. The Kier molecular flexibility index (Phi) is 8.75. The van der Waals surface area contributed by atoms with E-state index in [1.54, 1.807) is 49.4 Å². The molecule has 1 fully saturated rings. The van der Waals surface area contributed by atoms with E-state index in [1.165, 1.54) is 24.3 Å². The maximum Gasteiger partial charge on any atom is 0.335 e. The number of carbonyl (C=O) groups is 4. The summed E-state index contributed by atoms with van der Waals surface area (Å²) in [5.74, 6) is -1.88. The second kappa shape index (κ2) is 12.2. The van der Waals surface area contributed by atoms with Gasteiger partial charge in [-0.3, -0.25) is 19.7 Å². The van der Waals surface area contributed by atoms with Crippen LogP contribution in [0.4, 0.5) is 16.2 Å². The fourth-order valence-electron chi connectivity index (χ4n) is 3.62. The molecule has 1 heterocycles. The zero-order valence-corrected chi connectivity index (χ0v) is 22.6. The molecule has 9 nitrogen and oxygen atoms in total. The molecule has 0 unspecified atom stereocenters. The largest absolute Gasteiger partial charge is 0.490 e. The number of anilines is 2. The zero-order valence-electron chi connectivity index (χ0n) is 20.3. The summed E-state index contributed by atoms with van der Waals surface area (Å²) in [7, 11) is 0. The fraction of sp³-hybridized carbons (Fsp3) is 0.111. The average molecular weight is 589 g/mol. The smallest absolute Gasteiger partial charge is 0.335 e. The van der Waals surface area contributed by atoms with Gasteiger partial charge < -0.3 is 14.8 Å². The van der Waals surface area contributed by atoms with Crippen LogP contribution in [0, 0.1) is 0 Å². The van der Waals surface area contributed by atoms with Gasteiger partial charge in [-0.2, -0.15) is 0 Å². The summed E-state index contributed by atoms with van der Waals surface area (Å²) in [6.07, 6.45) is 1.29. The Morgan fingerprint density at radius 1 is 0.949 bits per heavy atom. The molecule has 0 spiro atoms. The van der Waals surface area contributed by atoms with Crippen molar-refractivity contribution in [3.8, 4) is 11.5 Å². The Bertz CT molecular complexity index is 1490. The van der Waals surface area contributed by atoms with Crippen LogP contribution in [-0.2, 0) is 14.4 Å². The molecule has 0 saturated carbocycles. The van der Waals surface area contributed by atoms with Gasteiger partial charge in [0.2, 0.25) is 0 Å². The standard InChI is InChI=1S/C27H20Cl3N3O6/c1-2-38-22-12-15(10-18-25(35)32-27(37)33(26(18)36)17-6-4-3-5-7-17)11-21(30)24(22)39-14-23(34)31-16-8-9-19(28)20(29)13-16/h3-13H,2,14H2,1H3,(H,31,34)(H,32,35,37)/b18-10-. The van der Waals surface area contributed by atoms with Crippen LogP contribution in [-0.4, -0.2) is 37.0 Å². The van der Waals surface area contributed by atoms with E-state index in [0.717, 1.165) is 4.90 Å². The molecule has 0 bridgehead atoms. The van der Waals surface area contributed by atoms with Crippen LogP contribution in [0.2, 0.25) is 15.1 Å². The molecule has 200 valence electrons. The maximum atomic E-state index is 13.1. The van der Waals surface area contributed by atoms with Gasteiger partial charge in [-0.25, -0.2) is 9.69 Å². The summed E-state index contributed by atoms with van der Waals surface area (Å²) in [4.78, 5) is 51.3. The van der Waals surface area contributed by atoms with Crippen LogP contribution in [0.5, 0.6) is 11.5 Å². The molecule has 4 rings (SSSR count). The minimum atomic E-state index is -0.857. The number of para-hydroxylation sites is 1. The van der Waals surface area contributed by atoms with E-state index in [4.69, 9.17) is 44.3 Å². The highest BCUT2D eigenvalue weighted by Gasteiger charge is 2.36. The molecular weight excluding hydrogens is 569 g/mol. The van der Waals surface area contributed by atoms with Gasteiger partial charge in [0, 0.05) is 5.69 Å². The molecule has 0 atom stereocenters. The normalized spacial score (nSPS) is 14.3. The fourth-order valence-corrected chi connectivity index (χ4v) is 4.19. The average Bonchev–Trinajstić information content (AvgIpc) is 2.89. The van der Waals surface area contributed by atoms with Gasteiger partial charge >= 0.3 is 6.03 Å². The Morgan fingerprint density at radius 2 is 1.69 bits per heavy atom.